The van der Waals surface area contributed by atoms with Crippen LogP contribution in [-0.2, 0) is 6.18 Å². The van der Waals surface area contributed by atoms with E-state index in [2.05, 4.69) is 15.6 Å². The molecule has 6 nitrogen and oxygen atoms in total. The molecule has 0 amide bonds. The monoisotopic (exact) mass is 292 g/mol. The zero-order valence-corrected chi connectivity index (χ0v) is 10.8. The number of aromatic nitrogens is 1. The van der Waals surface area contributed by atoms with Crippen LogP contribution >= 0.6 is 0 Å². The third kappa shape index (κ3) is 4.65. The van der Waals surface area contributed by atoms with Gasteiger partial charge in [-0.2, -0.15) is 13.2 Å². The first-order valence-corrected chi connectivity index (χ1v) is 6.02. The van der Waals surface area contributed by atoms with Gasteiger partial charge in [0.25, 0.3) is 0 Å². The van der Waals surface area contributed by atoms with Gasteiger partial charge in [0.1, 0.15) is 17.6 Å². The van der Waals surface area contributed by atoms with Gasteiger partial charge in [-0.3, -0.25) is 10.1 Å². The molecule has 0 unspecified atom stereocenters. The van der Waals surface area contributed by atoms with Gasteiger partial charge >= 0.3 is 11.9 Å². The highest BCUT2D eigenvalue weighted by molar-refractivity contribution is 5.61. The van der Waals surface area contributed by atoms with Crippen LogP contribution < -0.4 is 10.6 Å². The molecular formula is C11H15F3N4O2. The molecule has 0 radical (unpaired) electrons. The Morgan fingerprint density at radius 3 is 2.65 bits per heavy atom. The number of hydrogen-bond acceptors (Lipinski definition) is 5. The summed E-state index contributed by atoms with van der Waals surface area (Å²) in [6, 6.07) is 0.658. The minimum atomic E-state index is -4.63. The van der Waals surface area contributed by atoms with Crippen LogP contribution in [0.2, 0.25) is 0 Å². The van der Waals surface area contributed by atoms with Crippen molar-refractivity contribution in [2.45, 2.75) is 19.5 Å². The van der Waals surface area contributed by atoms with Crippen LogP contribution in [0.1, 0.15) is 19.0 Å². The minimum Gasteiger partial charge on any atom is -0.379 e. The topological polar surface area (TPSA) is 80.1 Å². The van der Waals surface area contributed by atoms with Gasteiger partial charge in [-0.05, 0) is 25.6 Å². The first-order valence-electron chi connectivity index (χ1n) is 6.02. The van der Waals surface area contributed by atoms with Crippen LogP contribution in [0.5, 0.6) is 0 Å². The molecule has 0 saturated carbocycles. The highest BCUT2D eigenvalue weighted by Gasteiger charge is 2.34. The van der Waals surface area contributed by atoms with Crippen LogP contribution in [-0.4, -0.2) is 29.5 Å². The molecule has 0 saturated heterocycles. The van der Waals surface area contributed by atoms with Gasteiger partial charge in [0.05, 0.1) is 4.92 Å². The van der Waals surface area contributed by atoms with Crippen molar-refractivity contribution in [3.05, 3.63) is 28.1 Å². The zero-order valence-electron chi connectivity index (χ0n) is 10.8. The van der Waals surface area contributed by atoms with Crippen molar-refractivity contribution in [3.8, 4) is 0 Å². The molecule has 0 aromatic carbocycles. The van der Waals surface area contributed by atoms with Crippen LogP contribution in [0, 0.1) is 10.1 Å². The summed E-state index contributed by atoms with van der Waals surface area (Å²) in [4.78, 5) is 13.1. The number of alkyl halides is 3. The zero-order chi connectivity index (χ0) is 15.2. The number of nitro groups is 1. The first kappa shape index (κ1) is 16.2. The number of rotatable bonds is 7. The molecule has 0 aliphatic carbocycles. The maximum absolute atomic E-state index is 12.5. The van der Waals surface area contributed by atoms with Crippen molar-refractivity contribution in [2.75, 3.05) is 25.0 Å². The van der Waals surface area contributed by atoms with Crippen molar-refractivity contribution in [3.63, 3.8) is 0 Å². The van der Waals surface area contributed by atoms with Gasteiger partial charge in [-0.15, -0.1) is 0 Å². The summed E-state index contributed by atoms with van der Waals surface area (Å²) < 4.78 is 37.6. The van der Waals surface area contributed by atoms with Crippen LogP contribution in [0.4, 0.5) is 24.5 Å². The number of halogens is 3. The second-order valence-electron chi connectivity index (χ2n) is 3.98. The molecule has 1 aromatic heterocycles. The highest BCUT2D eigenvalue weighted by atomic mass is 19.4. The maximum atomic E-state index is 12.5. The lowest BCUT2D eigenvalue weighted by Gasteiger charge is -2.10. The number of nitrogens with one attached hydrogen (secondary N) is 2. The molecule has 0 aliphatic rings. The Balaban J connectivity index is 2.81. The normalized spacial score (nSPS) is 11.4. The molecule has 0 spiro atoms. The lowest BCUT2D eigenvalue weighted by molar-refractivity contribution is -0.384. The Morgan fingerprint density at radius 2 is 2.10 bits per heavy atom. The lowest BCUT2D eigenvalue weighted by Crippen LogP contribution is -2.18. The number of pyridine rings is 1. The summed E-state index contributed by atoms with van der Waals surface area (Å²) in [6.07, 6.45) is -3.38. The van der Waals surface area contributed by atoms with Crippen molar-refractivity contribution < 1.29 is 18.1 Å². The van der Waals surface area contributed by atoms with Gasteiger partial charge in [0.15, 0.2) is 0 Å². The molecule has 9 heteroatoms. The van der Waals surface area contributed by atoms with E-state index in [4.69, 9.17) is 0 Å². The average molecular weight is 292 g/mol. The standard InChI is InChI=1S/C11H15F3N4O2/c1-2-15-4-3-5-16-8-6-10(11(12,13)14)17-7-9(8)18(19)20/h6-7,15H,2-5H2,1H3,(H,16,17). The smallest absolute Gasteiger partial charge is 0.379 e. The van der Waals surface area contributed by atoms with Gasteiger partial charge < -0.3 is 10.6 Å². The molecule has 20 heavy (non-hydrogen) atoms. The van der Waals surface area contributed by atoms with Crippen molar-refractivity contribution in [2.24, 2.45) is 0 Å². The Morgan fingerprint density at radius 1 is 1.40 bits per heavy atom. The number of anilines is 1. The SMILES string of the molecule is CCNCCCNc1cc(C(F)(F)F)ncc1[N+](=O)[O-]. The molecule has 1 aromatic rings. The largest absolute Gasteiger partial charge is 0.433 e. The average Bonchev–Trinajstić information content (AvgIpc) is 2.37. The maximum Gasteiger partial charge on any atom is 0.433 e. The fourth-order valence-corrected chi connectivity index (χ4v) is 1.50. The summed E-state index contributed by atoms with van der Waals surface area (Å²) >= 11 is 0. The Kier molecular flexibility index (Phi) is 5.68. The molecule has 0 bridgehead atoms. The van der Waals surface area contributed by atoms with Gasteiger partial charge in [-0.25, -0.2) is 4.98 Å². The van der Waals surface area contributed by atoms with E-state index in [0.717, 1.165) is 6.54 Å². The number of hydrogen-bond donors (Lipinski definition) is 2. The highest BCUT2D eigenvalue weighted by Crippen LogP contribution is 2.32. The second-order valence-corrected chi connectivity index (χ2v) is 3.98. The molecule has 1 heterocycles. The van der Waals surface area contributed by atoms with Crippen LogP contribution in [0.3, 0.4) is 0 Å². The van der Waals surface area contributed by atoms with Crippen molar-refractivity contribution >= 4 is 11.4 Å². The predicted molar refractivity (Wildman–Crippen MR) is 67.5 cm³/mol. The van der Waals surface area contributed by atoms with Gasteiger partial charge in [-0.1, -0.05) is 6.92 Å². The van der Waals surface area contributed by atoms with E-state index in [0.29, 0.717) is 31.8 Å². The van der Waals surface area contributed by atoms with Crippen LogP contribution in [0.25, 0.3) is 0 Å². The Labute approximate surface area is 113 Å². The Hall–Kier alpha value is -1.90. The molecule has 0 fully saturated rings. The molecule has 2 N–H and O–H groups in total. The van der Waals surface area contributed by atoms with Crippen molar-refractivity contribution in [1.29, 1.82) is 0 Å². The Bertz CT molecular complexity index is 465. The predicted octanol–water partition coefficient (Wildman–Crippen LogP) is 2.42. The summed E-state index contributed by atoms with van der Waals surface area (Å²) in [5, 5.41) is 16.4. The summed E-state index contributed by atoms with van der Waals surface area (Å²) in [5.74, 6) is 0. The van der Waals surface area contributed by atoms with E-state index in [1.165, 1.54) is 0 Å². The molecule has 1 rings (SSSR count). The van der Waals surface area contributed by atoms with Crippen LogP contribution in [0.15, 0.2) is 12.3 Å². The molecule has 112 valence electrons. The second kappa shape index (κ2) is 7.04. The van der Waals surface area contributed by atoms with Crippen molar-refractivity contribution in [1.82, 2.24) is 10.3 Å². The number of nitrogens with zero attached hydrogens (tertiary/aromatic N) is 2. The minimum absolute atomic E-state index is 0.172. The third-order valence-corrected chi connectivity index (χ3v) is 2.47. The van der Waals surface area contributed by atoms with E-state index in [-0.39, 0.29) is 5.69 Å². The fraction of sp³-hybridized carbons (Fsp3) is 0.545. The summed E-state index contributed by atoms with van der Waals surface area (Å²) in [7, 11) is 0. The summed E-state index contributed by atoms with van der Waals surface area (Å²) in [5.41, 5.74) is -1.80. The van der Waals surface area contributed by atoms with E-state index in [9.17, 15) is 23.3 Å². The molecule has 0 aliphatic heterocycles. The fourth-order valence-electron chi connectivity index (χ4n) is 1.50. The van der Waals surface area contributed by atoms with Gasteiger partial charge in [0, 0.05) is 6.54 Å². The van der Waals surface area contributed by atoms with E-state index >= 15 is 0 Å². The first-order chi connectivity index (χ1) is 9.36. The summed E-state index contributed by atoms with van der Waals surface area (Å²) in [6.45, 7) is 3.72. The molecular weight excluding hydrogens is 277 g/mol. The quantitative estimate of drug-likeness (QED) is 0.458. The van der Waals surface area contributed by atoms with E-state index < -0.39 is 22.5 Å². The van der Waals surface area contributed by atoms with E-state index in [1.54, 1.807) is 0 Å². The van der Waals surface area contributed by atoms with E-state index in [1.807, 2.05) is 6.92 Å². The van der Waals surface area contributed by atoms with Gasteiger partial charge in [0.2, 0.25) is 0 Å². The lowest BCUT2D eigenvalue weighted by atomic mass is 10.2. The molecule has 0 atom stereocenters. The third-order valence-electron chi connectivity index (χ3n) is 2.47.